The molecule has 0 amide bonds. The van der Waals surface area contributed by atoms with E-state index in [0.717, 1.165) is 12.1 Å². The molecule has 0 aliphatic heterocycles. The maximum absolute atomic E-state index is 13.0. The monoisotopic (exact) mass is 243 g/mol. The molecule has 82 valence electrons. The Morgan fingerprint density at radius 2 is 1.56 bits per heavy atom. The predicted octanol–water partition coefficient (Wildman–Crippen LogP) is 3.82. The van der Waals surface area contributed by atoms with Crippen LogP contribution in [0.25, 0.3) is 11.1 Å². The maximum Gasteiger partial charge on any atom is 0.194 e. The fourth-order valence-corrected chi connectivity index (χ4v) is 1.48. The van der Waals surface area contributed by atoms with Gasteiger partial charge in [0.05, 0.1) is 0 Å². The summed E-state index contributed by atoms with van der Waals surface area (Å²) in [6.45, 7) is 0. The quantitative estimate of drug-likeness (QED) is 0.548. The van der Waals surface area contributed by atoms with Gasteiger partial charge in [0.2, 0.25) is 0 Å². The van der Waals surface area contributed by atoms with Gasteiger partial charge < -0.3 is 0 Å². The second kappa shape index (κ2) is 4.14. The van der Waals surface area contributed by atoms with Crippen molar-refractivity contribution in [3.63, 3.8) is 0 Å². The van der Waals surface area contributed by atoms with E-state index in [1.54, 1.807) is 0 Å². The van der Waals surface area contributed by atoms with Gasteiger partial charge >= 0.3 is 0 Å². The number of halogens is 4. The molecule has 0 fully saturated rings. The van der Waals surface area contributed by atoms with Gasteiger partial charge in [-0.05, 0) is 35.4 Å². The van der Waals surface area contributed by atoms with Crippen LogP contribution < -0.4 is 0 Å². The molecule has 1 aromatic heterocycles. The summed E-state index contributed by atoms with van der Waals surface area (Å²) in [4.78, 5) is 3.73. The van der Waals surface area contributed by atoms with Crippen molar-refractivity contribution in [3.05, 3.63) is 53.1 Å². The van der Waals surface area contributed by atoms with E-state index in [-0.39, 0.29) is 10.7 Å². The molecule has 0 bridgehead atoms. The van der Waals surface area contributed by atoms with Crippen LogP contribution >= 0.6 is 11.6 Å². The maximum atomic E-state index is 13.0. The first-order chi connectivity index (χ1) is 7.58. The molecular formula is C11H5ClF3N. The number of hydrogen-bond acceptors (Lipinski definition) is 1. The molecule has 1 aromatic carbocycles. The Morgan fingerprint density at radius 3 is 2.12 bits per heavy atom. The van der Waals surface area contributed by atoms with E-state index < -0.39 is 17.5 Å². The average molecular weight is 244 g/mol. The van der Waals surface area contributed by atoms with Crippen LogP contribution in [0.5, 0.6) is 0 Å². The normalized spacial score (nSPS) is 10.5. The molecule has 2 rings (SSSR count). The van der Waals surface area contributed by atoms with Gasteiger partial charge in [-0.15, -0.1) is 0 Å². The van der Waals surface area contributed by atoms with Gasteiger partial charge in [0, 0.05) is 6.20 Å². The van der Waals surface area contributed by atoms with Crippen molar-refractivity contribution in [2.75, 3.05) is 0 Å². The number of nitrogens with zero attached hydrogens (tertiary/aromatic N) is 1. The van der Waals surface area contributed by atoms with E-state index in [9.17, 15) is 13.2 Å². The largest absolute Gasteiger partial charge is 0.245 e. The fraction of sp³-hybridized carbons (Fsp3) is 0. The zero-order chi connectivity index (χ0) is 11.7. The van der Waals surface area contributed by atoms with Crippen molar-refractivity contribution in [3.8, 4) is 11.1 Å². The van der Waals surface area contributed by atoms with Gasteiger partial charge in [-0.25, -0.2) is 18.2 Å². The summed E-state index contributed by atoms with van der Waals surface area (Å²) in [5, 5.41) is 0.197. The lowest BCUT2D eigenvalue weighted by molar-refractivity contribution is 0.447. The van der Waals surface area contributed by atoms with Crippen LogP contribution in [0.4, 0.5) is 13.2 Å². The molecule has 5 heteroatoms. The Kier molecular flexibility index (Phi) is 2.83. The van der Waals surface area contributed by atoms with Crippen LogP contribution in [-0.4, -0.2) is 4.98 Å². The Hall–Kier alpha value is -1.55. The Morgan fingerprint density at radius 1 is 0.938 bits per heavy atom. The molecule has 0 unspecified atom stereocenters. The minimum absolute atomic E-state index is 0.197. The van der Waals surface area contributed by atoms with Gasteiger partial charge in [-0.2, -0.15) is 0 Å². The Labute approximate surface area is 94.5 Å². The average Bonchev–Trinajstić information content (AvgIpc) is 2.25. The van der Waals surface area contributed by atoms with Crippen molar-refractivity contribution >= 4 is 11.6 Å². The van der Waals surface area contributed by atoms with Crippen LogP contribution in [-0.2, 0) is 0 Å². The highest BCUT2D eigenvalue weighted by Gasteiger charge is 2.11. The Bertz CT molecular complexity index is 519. The molecular weight excluding hydrogens is 239 g/mol. The first kappa shape index (κ1) is 11.0. The zero-order valence-corrected chi connectivity index (χ0v) is 8.60. The van der Waals surface area contributed by atoms with E-state index in [0.29, 0.717) is 5.56 Å². The standard InChI is InChI=1S/C11H5ClF3N/c12-10-5-6(1-2-16-10)7-3-8(13)11(15)9(14)4-7/h1-5H. The minimum atomic E-state index is -1.48. The fourth-order valence-electron chi connectivity index (χ4n) is 1.30. The lowest BCUT2D eigenvalue weighted by Crippen LogP contribution is -1.92. The molecule has 0 aliphatic carbocycles. The summed E-state index contributed by atoms with van der Waals surface area (Å²) in [5.41, 5.74) is 0.679. The number of benzene rings is 1. The summed E-state index contributed by atoms with van der Waals surface area (Å²) in [5.74, 6) is -3.95. The highest BCUT2D eigenvalue weighted by molar-refractivity contribution is 6.29. The number of hydrogen-bond donors (Lipinski definition) is 0. The van der Waals surface area contributed by atoms with Gasteiger partial charge in [-0.3, -0.25) is 0 Å². The second-order valence-corrected chi connectivity index (χ2v) is 3.51. The zero-order valence-electron chi connectivity index (χ0n) is 7.85. The highest BCUT2D eigenvalue weighted by atomic mass is 35.5. The third kappa shape index (κ3) is 2.02. The molecule has 0 radical (unpaired) electrons. The Balaban J connectivity index is 2.57. The predicted molar refractivity (Wildman–Crippen MR) is 54.6 cm³/mol. The van der Waals surface area contributed by atoms with Crippen LogP contribution in [0.2, 0.25) is 5.15 Å². The van der Waals surface area contributed by atoms with E-state index in [1.165, 1.54) is 18.3 Å². The van der Waals surface area contributed by atoms with E-state index in [1.807, 2.05) is 0 Å². The molecule has 0 spiro atoms. The number of pyridine rings is 1. The van der Waals surface area contributed by atoms with Crippen LogP contribution in [0.15, 0.2) is 30.5 Å². The molecule has 0 saturated heterocycles. The highest BCUT2D eigenvalue weighted by Crippen LogP contribution is 2.24. The summed E-state index contributed by atoms with van der Waals surface area (Å²) in [6.07, 6.45) is 1.40. The van der Waals surface area contributed by atoms with Gasteiger partial charge in [0.15, 0.2) is 17.5 Å². The molecule has 0 saturated carbocycles. The van der Waals surface area contributed by atoms with Gasteiger partial charge in [0.25, 0.3) is 0 Å². The van der Waals surface area contributed by atoms with Crippen LogP contribution in [0.3, 0.4) is 0 Å². The number of aromatic nitrogens is 1. The van der Waals surface area contributed by atoms with E-state index in [2.05, 4.69) is 4.98 Å². The topological polar surface area (TPSA) is 12.9 Å². The third-order valence-corrected chi connectivity index (χ3v) is 2.25. The summed E-state index contributed by atoms with van der Waals surface area (Å²) < 4.78 is 38.6. The first-order valence-corrected chi connectivity index (χ1v) is 4.72. The van der Waals surface area contributed by atoms with Gasteiger partial charge in [-0.1, -0.05) is 11.6 Å². The lowest BCUT2D eigenvalue weighted by atomic mass is 10.1. The van der Waals surface area contributed by atoms with E-state index >= 15 is 0 Å². The van der Waals surface area contributed by atoms with Crippen molar-refractivity contribution in [1.82, 2.24) is 4.98 Å². The molecule has 0 atom stereocenters. The molecule has 0 aliphatic rings. The molecule has 0 N–H and O–H groups in total. The summed E-state index contributed by atoms with van der Waals surface area (Å²) in [6, 6.07) is 4.78. The van der Waals surface area contributed by atoms with Crippen molar-refractivity contribution in [2.45, 2.75) is 0 Å². The van der Waals surface area contributed by atoms with Crippen LogP contribution in [0, 0.1) is 17.5 Å². The second-order valence-electron chi connectivity index (χ2n) is 3.12. The van der Waals surface area contributed by atoms with Crippen molar-refractivity contribution in [1.29, 1.82) is 0 Å². The molecule has 2 aromatic rings. The summed E-state index contributed by atoms with van der Waals surface area (Å²) in [7, 11) is 0. The third-order valence-electron chi connectivity index (χ3n) is 2.04. The van der Waals surface area contributed by atoms with Crippen LogP contribution in [0.1, 0.15) is 0 Å². The molecule has 16 heavy (non-hydrogen) atoms. The first-order valence-electron chi connectivity index (χ1n) is 4.34. The smallest absolute Gasteiger partial charge is 0.194 e. The minimum Gasteiger partial charge on any atom is -0.245 e. The van der Waals surface area contributed by atoms with E-state index in [4.69, 9.17) is 11.6 Å². The van der Waals surface area contributed by atoms with Crippen molar-refractivity contribution in [2.24, 2.45) is 0 Å². The van der Waals surface area contributed by atoms with Crippen molar-refractivity contribution < 1.29 is 13.2 Å². The lowest BCUT2D eigenvalue weighted by Gasteiger charge is -2.03. The molecule has 1 heterocycles. The number of rotatable bonds is 1. The van der Waals surface area contributed by atoms with Gasteiger partial charge in [0.1, 0.15) is 5.15 Å². The molecule has 1 nitrogen and oxygen atoms in total. The SMILES string of the molecule is Fc1cc(-c2ccnc(Cl)c2)cc(F)c1F. The summed E-state index contributed by atoms with van der Waals surface area (Å²) >= 11 is 5.63.